The van der Waals surface area contributed by atoms with Crippen molar-refractivity contribution >= 4 is 0 Å². The maximum absolute atomic E-state index is 14.2. The molecular formula is C55H67FN6O3. The van der Waals surface area contributed by atoms with Gasteiger partial charge in [-0.05, 0) is 105 Å². The lowest BCUT2D eigenvalue weighted by Gasteiger charge is -2.29. The van der Waals surface area contributed by atoms with E-state index in [1.54, 1.807) is 18.6 Å². The van der Waals surface area contributed by atoms with E-state index in [1.165, 1.54) is 123 Å². The van der Waals surface area contributed by atoms with Crippen LogP contribution in [0.3, 0.4) is 0 Å². The van der Waals surface area contributed by atoms with Gasteiger partial charge in [-0.1, -0.05) is 118 Å². The highest BCUT2D eigenvalue weighted by molar-refractivity contribution is 5.71. The van der Waals surface area contributed by atoms with Gasteiger partial charge in [0.1, 0.15) is 5.82 Å². The molecule has 3 aromatic heterocycles. The number of hydrogen-bond acceptors (Lipinski definition) is 6. The topological polar surface area (TPSA) is 114 Å². The number of aromatic nitrogens is 6. The van der Waals surface area contributed by atoms with Crippen molar-refractivity contribution < 1.29 is 19.7 Å². The van der Waals surface area contributed by atoms with Crippen LogP contribution in [0.25, 0.3) is 33.8 Å². The molecule has 6 aliphatic rings. The fourth-order valence-corrected chi connectivity index (χ4v) is 12.6. The molecule has 12 rings (SSSR count). The minimum atomic E-state index is -0.324. The van der Waals surface area contributed by atoms with Crippen LogP contribution in [0.15, 0.2) is 104 Å². The largest absolute Gasteiger partial charge is 0.393 e. The minimum absolute atomic E-state index is 0.000117. The van der Waals surface area contributed by atoms with Crippen LogP contribution >= 0.6 is 0 Å². The average Bonchev–Trinajstić information content (AvgIpc) is 4.23. The van der Waals surface area contributed by atoms with Crippen LogP contribution < -0.4 is 0 Å². The van der Waals surface area contributed by atoms with E-state index in [2.05, 4.69) is 72.6 Å². The Balaban J connectivity index is 0.000000115. The van der Waals surface area contributed by atoms with Crippen molar-refractivity contribution in [2.75, 3.05) is 0 Å². The van der Waals surface area contributed by atoms with Crippen molar-refractivity contribution in [3.63, 3.8) is 0 Å². The van der Waals surface area contributed by atoms with Crippen molar-refractivity contribution in [2.45, 2.75) is 158 Å². The van der Waals surface area contributed by atoms with Crippen LogP contribution in [0.5, 0.6) is 0 Å². The molecule has 0 saturated heterocycles. The highest BCUT2D eigenvalue weighted by Crippen LogP contribution is 2.46. The minimum Gasteiger partial charge on any atom is -0.393 e. The molecule has 6 atom stereocenters. The molecule has 6 heterocycles. The first-order valence-electron chi connectivity index (χ1n) is 25.0. The van der Waals surface area contributed by atoms with Gasteiger partial charge in [0.25, 0.3) is 0 Å². The van der Waals surface area contributed by atoms with Gasteiger partial charge in [-0.3, -0.25) is 0 Å². The molecule has 3 aliphatic carbocycles. The smallest absolute Gasteiger partial charge is 0.132 e. The first-order valence-corrected chi connectivity index (χ1v) is 25.0. The molecule has 0 radical (unpaired) electrons. The van der Waals surface area contributed by atoms with Gasteiger partial charge >= 0.3 is 0 Å². The number of nitrogens with zero attached hydrogens (tertiary/aromatic N) is 6. The van der Waals surface area contributed by atoms with Crippen molar-refractivity contribution in [1.29, 1.82) is 0 Å². The number of rotatable bonds is 10. The number of aliphatic hydroxyl groups is 3. The van der Waals surface area contributed by atoms with Crippen LogP contribution in [0, 0.1) is 23.6 Å². The number of fused-ring (bicyclic) bond motifs is 9. The van der Waals surface area contributed by atoms with Crippen LogP contribution in [0.1, 0.15) is 157 Å². The zero-order valence-electron chi connectivity index (χ0n) is 37.8. The standard InChI is InChI=1S/C19H24N2O.C18H21FN2O.C18H22N2O/c22-19(14-6-2-1-3-7-14)11-10-17-15-8-4-5-9-16(15)18-12-20-13-21(17)18;19-14-8-4-7-13-15(21-11-20-10-16(21)18(13)14)9-17(22)12-5-2-1-3-6-12;21-18(13-6-2-1-3-7-13)10-16-14-8-4-5-9-15(14)17-11-19-12-20(16)17/h4-5,8-9,12-14,17,19,22H,1-3,6-7,10-11H2;4,7-8,10-12,15,17,22H,1-3,5-6,9H2;4-5,8-9,11-13,16,18,21H,1-3,6-7,10H2/t;;16?,18-/m..1/s1. The number of benzene rings is 3. The maximum Gasteiger partial charge on any atom is 0.132 e. The summed E-state index contributed by atoms with van der Waals surface area (Å²) >= 11 is 0. The van der Waals surface area contributed by atoms with Crippen molar-refractivity contribution in [2.24, 2.45) is 17.8 Å². The summed E-state index contributed by atoms with van der Waals surface area (Å²) in [6.07, 6.45) is 32.4. The van der Waals surface area contributed by atoms with E-state index in [4.69, 9.17) is 0 Å². The summed E-state index contributed by atoms with van der Waals surface area (Å²) in [5.74, 6) is 1.19. The second kappa shape index (κ2) is 19.9. The Labute approximate surface area is 383 Å². The Morgan fingerprint density at radius 1 is 0.477 bits per heavy atom. The second-order valence-corrected chi connectivity index (χ2v) is 19.9. The number of imidazole rings is 3. The molecule has 0 spiro atoms. The molecule has 0 bridgehead atoms. The predicted octanol–water partition coefficient (Wildman–Crippen LogP) is 11.9. The number of halogens is 1. The molecule has 9 nitrogen and oxygen atoms in total. The molecular weight excluding hydrogens is 812 g/mol. The van der Waals surface area contributed by atoms with Crippen LogP contribution in [0.2, 0.25) is 0 Å². The van der Waals surface area contributed by atoms with E-state index < -0.39 is 0 Å². The van der Waals surface area contributed by atoms with Gasteiger partial charge in [-0.2, -0.15) is 0 Å². The summed E-state index contributed by atoms with van der Waals surface area (Å²) in [4.78, 5) is 12.8. The molecule has 3 aliphatic heterocycles. The normalized spacial score (nSPS) is 22.5. The highest BCUT2D eigenvalue weighted by atomic mass is 19.1. The Bertz CT molecular complexity index is 2490. The van der Waals surface area contributed by atoms with E-state index in [0.29, 0.717) is 35.8 Å². The van der Waals surface area contributed by atoms with Crippen molar-refractivity contribution in [1.82, 2.24) is 28.7 Å². The van der Waals surface area contributed by atoms with E-state index in [0.717, 1.165) is 43.4 Å². The zero-order valence-corrected chi connectivity index (χ0v) is 37.8. The SMILES string of the molecule is OC(CC1c2cccc(F)c2-c2cncn21)C1CCCCC1.OC(CCC1c2ccccc2-c2cncn21)C1CCCCC1.O[C@H](CC1c2ccccc2-c2cncn21)C1CCCCC1. The third-order valence-electron chi connectivity index (χ3n) is 16.1. The molecule has 65 heavy (non-hydrogen) atoms. The Morgan fingerprint density at radius 2 is 0.892 bits per heavy atom. The molecule has 3 N–H and O–H groups in total. The van der Waals surface area contributed by atoms with Crippen molar-refractivity contribution in [3.05, 3.63) is 127 Å². The Hall–Kier alpha value is -4.90. The third-order valence-corrected chi connectivity index (χ3v) is 16.1. The van der Waals surface area contributed by atoms with Crippen LogP contribution in [-0.4, -0.2) is 62.3 Å². The van der Waals surface area contributed by atoms with Gasteiger partial charge in [-0.25, -0.2) is 19.3 Å². The highest BCUT2D eigenvalue weighted by Gasteiger charge is 2.36. The summed E-state index contributed by atoms with van der Waals surface area (Å²) in [6.45, 7) is 0. The van der Waals surface area contributed by atoms with Crippen LogP contribution in [-0.2, 0) is 0 Å². The molecule has 3 saturated carbocycles. The quantitative estimate of drug-likeness (QED) is 0.126. The maximum atomic E-state index is 14.2. The second-order valence-electron chi connectivity index (χ2n) is 19.9. The van der Waals surface area contributed by atoms with E-state index in [-0.39, 0.29) is 36.2 Å². The number of hydrogen-bond donors (Lipinski definition) is 3. The van der Waals surface area contributed by atoms with Gasteiger partial charge in [0.2, 0.25) is 0 Å². The van der Waals surface area contributed by atoms with Crippen LogP contribution in [0.4, 0.5) is 4.39 Å². The first kappa shape index (κ1) is 44.0. The molecule has 342 valence electrons. The predicted molar refractivity (Wildman–Crippen MR) is 254 cm³/mol. The molecule has 10 heteroatoms. The summed E-state index contributed by atoms with van der Waals surface area (Å²) in [7, 11) is 0. The lowest BCUT2D eigenvalue weighted by Crippen LogP contribution is -2.26. The molecule has 6 aromatic rings. The Kier molecular flexibility index (Phi) is 13.5. The lowest BCUT2D eigenvalue weighted by molar-refractivity contribution is 0.0684. The van der Waals surface area contributed by atoms with Gasteiger partial charge in [0, 0.05) is 16.7 Å². The zero-order chi connectivity index (χ0) is 44.3. The fourth-order valence-electron chi connectivity index (χ4n) is 12.6. The Morgan fingerprint density at radius 3 is 1.43 bits per heavy atom. The first-order chi connectivity index (χ1) is 31.9. The summed E-state index contributed by atoms with van der Waals surface area (Å²) in [5.41, 5.74) is 10.2. The summed E-state index contributed by atoms with van der Waals surface area (Å²) in [6, 6.07) is 23.0. The molecule has 0 amide bonds. The summed E-state index contributed by atoms with van der Waals surface area (Å²) in [5, 5.41) is 31.9. The number of aliphatic hydroxyl groups excluding tert-OH is 3. The van der Waals surface area contributed by atoms with Gasteiger partial charge in [0.05, 0.1) is 91.1 Å². The van der Waals surface area contributed by atoms with Gasteiger partial charge in [0.15, 0.2) is 0 Å². The molecule has 3 aromatic carbocycles. The summed E-state index contributed by atoms with van der Waals surface area (Å²) < 4.78 is 20.7. The van der Waals surface area contributed by atoms with E-state index in [9.17, 15) is 19.7 Å². The molecule has 3 fully saturated rings. The average molecular weight is 879 g/mol. The van der Waals surface area contributed by atoms with Gasteiger partial charge in [-0.15, -0.1) is 0 Å². The third kappa shape index (κ3) is 9.03. The monoisotopic (exact) mass is 879 g/mol. The van der Waals surface area contributed by atoms with Gasteiger partial charge < -0.3 is 29.0 Å². The van der Waals surface area contributed by atoms with E-state index in [1.807, 2.05) is 35.7 Å². The lowest BCUT2D eigenvalue weighted by atomic mass is 9.82. The van der Waals surface area contributed by atoms with E-state index >= 15 is 0 Å². The molecule has 5 unspecified atom stereocenters. The van der Waals surface area contributed by atoms with Crippen molar-refractivity contribution in [3.8, 4) is 33.8 Å². The fraction of sp³-hybridized carbons (Fsp3) is 0.509.